The molecular formula is C21H25NO5. The molecule has 2 aromatic rings. The Kier molecular flexibility index (Phi) is 7.67. The lowest BCUT2D eigenvalue weighted by Gasteiger charge is -2.14. The largest absolute Gasteiger partial charge is 0.494 e. The van der Waals surface area contributed by atoms with Crippen molar-refractivity contribution in [3.8, 4) is 11.5 Å². The predicted octanol–water partition coefficient (Wildman–Crippen LogP) is 3.73. The molecule has 0 aliphatic heterocycles. The van der Waals surface area contributed by atoms with Gasteiger partial charge in [0.1, 0.15) is 11.5 Å². The van der Waals surface area contributed by atoms with Crippen LogP contribution in [-0.2, 0) is 14.3 Å². The fourth-order valence-electron chi connectivity index (χ4n) is 2.31. The summed E-state index contributed by atoms with van der Waals surface area (Å²) in [5, 5.41) is 2.70. The molecule has 6 heteroatoms. The van der Waals surface area contributed by atoms with Crippen LogP contribution in [0.5, 0.6) is 11.5 Å². The van der Waals surface area contributed by atoms with E-state index in [-0.39, 0.29) is 13.0 Å². The Morgan fingerprint density at radius 3 is 2.44 bits per heavy atom. The lowest BCUT2D eigenvalue weighted by molar-refractivity contribution is -0.153. The average Bonchev–Trinajstić information content (AvgIpc) is 2.63. The van der Waals surface area contributed by atoms with Gasteiger partial charge < -0.3 is 19.5 Å². The highest BCUT2D eigenvalue weighted by Gasteiger charge is 2.18. The molecule has 0 aromatic heterocycles. The van der Waals surface area contributed by atoms with E-state index in [0.29, 0.717) is 18.0 Å². The first-order valence-electron chi connectivity index (χ1n) is 8.90. The standard InChI is InChI=1S/C21H25NO5/c1-4-25-18-10-8-17(9-11-18)22-21(24)16(3)27-20(23)12-13-26-19-7-5-6-15(2)14-19/h5-11,14,16H,4,12-13H2,1-3H3,(H,22,24)/t16-/m1/s1. The van der Waals surface area contributed by atoms with Crippen molar-refractivity contribution in [2.45, 2.75) is 33.3 Å². The van der Waals surface area contributed by atoms with Crippen LogP contribution in [0, 0.1) is 6.92 Å². The lowest BCUT2D eigenvalue weighted by atomic mass is 10.2. The van der Waals surface area contributed by atoms with Crippen molar-refractivity contribution in [3.05, 3.63) is 54.1 Å². The molecule has 2 aromatic carbocycles. The van der Waals surface area contributed by atoms with E-state index in [0.717, 1.165) is 11.3 Å². The van der Waals surface area contributed by atoms with Gasteiger partial charge in [-0.05, 0) is 62.7 Å². The van der Waals surface area contributed by atoms with Crippen molar-refractivity contribution in [2.24, 2.45) is 0 Å². The maximum atomic E-state index is 12.1. The van der Waals surface area contributed by atoms with Crippen LogP contribution < -0.4 is 14.8 Å². The van der Waals surface area contributed by atoms with Gasteiger partial charge >= 0.3 is 5.97 Å². The Labute approximate surface area is 159 Å². The van der Waals surface area contributed by atoms with Gasteiger partial charge in [0.25, 0.3) is 5.91 Å². The van der Waals surface area contributed by atoms with Crippen LogP contribution in [0.1, 0.15) is 25.8 Å². The maximum Gasteiger partial charge on any atom is 0.310 e. The van der Waals surface area contributed by atoms with Crippen LogP contribution >= 0.6 is 0 Å². The number of esters is 1. The number of amides is 1. The van der Waals surface area contributed by atoms with Crippen LogP contribution in [-0.4, -0.2) is 31.2 Å². The van der Waals surface area contributed by atoms with E-state index in [1.807, 2.05) is 38.1 Å². The monoisotopic (exact) mass is 371 g/mol. The van der Waals surface area contributed by atoms with Gasteiger partial charge in [-0.1, -0.05) is 12.1 Å². The van der Waals surface area contributed by atoms with Gasteiger partial charge in [-0.2, -0.15) is 0 Å². The number of carbonyl (C=O) groups excluding carboxylic acids is 2. The molecule has 0 radical (unpaired) electrons. The van der Waals surface area contributed by atoms with Crippen LogP contribution in [0.2, 0.25) is 0 Å². The molecular weight excluding hydrogens is 346 g/mol. The highest BCUT2D eigenvalue weighted by atomic mass is 16.5. The molecule has 0 aliphatic carbocycles. The van der Waals surface area contributed by atoms with Crippen molar-refractivity contribution in [1.82, 2.24) is 0 Å². The van der Waals surface area contributed by atoms with E-state index >= 15 is 0 Å². The van der Waals surface area contributed by atoms with Crippen LogP contribution in [0.4, 0.5) is 5.69 Å². The maximum absolute atomic E-state index is 12.1. The van der Waals surface area contributed by atoms with Gasteiger partial charge in [0.15, 0.2) is 6.10 Å². The Morgan fingerprint density at radius 1 is 1.04 bits per heavy atom. The zero-order valence-corrected chi connectivity index (χ0v) is 15.9. The third-order valence-electron chi connectivity index (χ3n) is 3.67. The lowest BCUT2D eigenvalue weighted by Crippen LogP contribution is -2.30. The smallest absolute Gasteiger partial charge is 0.310 e. The third kappa shape index (κ3) is 7.01. The van der Waals surface area contributed by atoms with E-state index in [2.05, 4.69) is 5.32 Å². The number of anilines is 1. The van der Waals surface area contributed by atoms with Crippen LogP contribution in [0.3, 0.4) is 0 Å². The van der Waals surface area contributed by atoms with E-state index in [1.165, 1.54) is 6.92 Å². The van der Waals surface area contributed by atoms with E-state index in [4.69, 9.17) is 14.2 Å². The highest BCUT2D eigenvalue weighted by molar-refractivity contribution is 5.95. The van der Waals surface area contributed by atoms with Gasteiger partial charge in [-0.3, -0.25) is 9.59 Å². The summed E-state index contributed by atoms with van der Waals surface area (Å²) in [6, 6.07) is 14.5. The summed E-state index contributed by atoms with van der Waals surface area (Å²) in [7, 11) is 0. The second-order valence-corrected chi connectivity index (χ2v) is 5.99. The van der Waals surface area contributed by atoms with Gasteiger partial charge in [0, 0.05) is 5.69 Å². The minimum atomic E-state index is -0.900. The molecule has 0 heterocycles. The normalized spacial score (nSPS) is 11.4. The molecule has 0 fully saturated rings. The summed E-state index contributed by atoms with van der Waals surface area (Å²) in [5.74, 6) is 0.539. The molecule has 0 spiro atoms. The highest BCUT2D eigenvalue weighted by Crippen LogP contribution is 2.16. The van der Waals surface area contributed by atoms with Gasteiger partial charge in [0.05, 0.1) is 19.6 Å². The molecule has 144 valence electrons. The number of aryl methyl sites for hydroxylation is 1. The van der Waals surface area contributed by atoms with Crippen LogP contribution in [0.15, 0.2) is 48.5 Å². The fourth-order valence-corrected chi connectivity index (χ4v) is 2.31. The number of nitrogens with one attached hydrogen (secondary N) is 1. The zero-order chi connectivity index (χ0) is 19.6. The molecule has 0 saturated carbocycles. The van der Waals surface area contributed by atoms with Crippen molar-refractivity contribution < 1.29 is 23.8 Å². The molecule has 1 atom stereocenters. The second kappa shape index (κ2) is 10.2. The van der Waals surface area contributed by atoms with Gasteiger partial charge in [-0.25, -0.2) is 0 Å². The zero-order valence-electron chi connectivity index (χ0n) is 15.9. The predicted molar refractivity (Wildman–Crippen MR) is 103 cm³/mol. The van der Waals surface area contributed by atoms with E-state index in [9.17, 15) is 9.59 Å². The quantitative estimate of drug-likeness (QED) is 0.680. The minimum absolute atomic E-state index is 0.0641. The second-order valence-electron chi connectivity index (χ2n) is 5.99. The van der Waals surface area contributed by atoms with Crippen LogP contribution in [0.25, 0.3) is 0 Å². The third-order valence-corrected chi connectivity index (χ3v) is 3.67. The molecule has 0 saturated heterocycles. The number of carbonyl (C=O) groups is 2. The molecule has 1 N–H and O–H groups in total. The first-order valence-corrected chi connectivity index (χ1v) is 8.90. The number of hydrogen-bond donors (Lipinski definition) is 1. The first kappa shape index (κ1) is 20.3. The molecule has 0 aliphatic rings. The van der Waals surface area contributed by atoms with E-state index < -0.39 is 18.0 Å². The summed E-state index contributed by atoms with van der Waals surface area (Å²) in [6.07, 6.45) is -0.836. The number of hydrogen-bond acceptors (Lipinski definition) is 5. The molecule has 0 bridgehead atoms. The number of benzene rings is 2. The van der Waals surface area contributed by atoms with Crippen molar-refractivity contribution in [3.63, 3.8) is 0 Å². The summed E-state index contributed by atoms with van der Waals surface area (Å²) >= 11 is 0. The van der Waals surface area contributed by atoms with Crippen molar-refractivity contribution in [2.75, 3.05) is 18.5 Å². The molecule has 2 rings (SSSR count). The molecule has 0 unspecified atom stereocenters. The SMILES string of the molecule is CCOc1ccc(NC(=O)[C@@H](C)OC(=O)CCOc2cccc(C)c2)cc1. The van der Waals surface area contributed by atoms with Gasteiger partial charge in [0.2, 0.25) is 0 Å². The molecule has 1 amide bonds. The number of rotatable bonds is 9. The van der Waals surface area contributed by atoms with Crippen molar-refractivity contribution >= 4 is 17.6 Å². The molecule has 6 nitrogen and oxygen atoms in total. The topological polar surface area (TPSA) is 73.9 Å². The minimum Gasteiger partial charge on any atom is -0.494 e. The summed E-state index contributed by atoms with van der Waals surface area (Å²) in [5.41, 5.74) is 1.68. The first-order chi connectivity index (χ1) is 13.0. The Bertz CT molecular complexity index is 757. The summed E-state index contributed by atoms with van der Waals surface area (Å²) < 4.78 is 16.0. The average molecular weight is 371 g/mol. The van der Waals surface area contributed by atoms with Crippen molar-refractivity contribution in [1.29, 1.82) is 0 Å². The Balaban J connectivity index is 1.73. The van der Waals surface area contributed by atoms with Gasteiger partial charge in [-0.15, -0.1) is 0 Å². The Morgan fingerprint density at radius 2 is 1.78 bits per heavy atom. The summed E-state index contributed by atoms with van der Waals surface area (Å²) in [4.78, 5) is 24.0. The fraction of sp³-hybridized carbons (Fsp3) is 0.333. The molecule has 27 heavy (non-hydrogen) atoms. The summed E-state index contributed by atoms with van der Waals surface area (Å²) in [6.45, 7) is 6.16. The number of ether oxygens (including phenoxy) is 3. The Hall–Kier alpha value is -3.02. The van der Waals surface area contributed by atoms with E-state index in [1.54, 1.807) is 24.3 Å².